The van der Waals surface area contributed by atoms with Gasteiger partial charge in [0.05, 0.1) is 5.60 Å². The van der Waals surface area contributed by atoms with Crippen LogP contribution in [-0.4, -0.2) is 17.8 Å². The molecule has 0 spiro atoms. The molecule has 1 aromatic rings. The van der Waals surface area contributed by atoms with E-state index in [1.807, 2.05) is 0 Å². The van der Waals surface area contributed by atoms with Gasteiger partial charge in [-0.25, -0.2) is 0 Å². The summed E-state index contributed by atoms with van der Waals surface area (Å²) >= 11 is 12.1. The maximum absolute atomic E-state index is 10.6. The lowest BCUT2D eigenvalue weighted by atomic mass is 9.78. The molecule has 0 heterocycles. The van der Waals surface area contributed by atoms with Gasteiger partial charge >= 0.3 is 0 Å². The van der Waals surface area contributed by atoms with Crippen LogP contribution in [0.25, 0.3) is 0 Å². The van der Waals surface area contributed by atoms with Crippen LogP contribution in [0.2, 0.25) is 10.0 Å². The highest BCUT2D eigenvalue weighted by molar-refractivity contribution is 6.33. The van der Waals surface area contributed by atoms with Gasteiger partial charge < -0.3 is 9.84 Å². The van der Waals surface area contributed by atoms with Crippen molar-refractivity contribution in [1.82, 2.24) is 0 Å². The van der Waals surface area contributed by atoms with Gasteiger partial charge in [-0.3, -0.25) is 0 Å². The van der Waals surface area contributed by atoms with Crippen LogP contribution >= 0.6 is 23.2 Å². The summed E-state index contributed by atoms with van der Waals surface area (Å²) in [5, 5.41) is 11.7. The number of aliphatic hydroxyl groups is 1. The molecule has 1 saturated carbocycles. The number of benzene rings is 1. The Kier molecular flexibility index (Phi) is 4.54. The van der Waals surface area contributed by atoms with E-state index in [0.717, 1.165) is 25.7 Å². The van der Waals surface area contributed by atoms with Gasteiger partial charge in [-0.1, -0.05) is 42.5 Å². The minimum absolute atomic E-state index is 0.521. The first kappa shape index (κ1) is 14.1. The highest BCUT2D eigenvalue weighted by Gasteiger charge is 2.40. The predicted molar refractivity (Wildman–Crippen MR) is 74.2 cm³/mol. The van der Waals surface area contributed by atoms with Gasteiger partial charge in [0.1, 0.15) is 6.10 Å². The summed E-state index contributed by atoms with van der Waals surface area (Å²) in [6.07, 6.45) is 4.32. The number of hydrogen-bond acceptors (Lipinski definition) is 2. The number of aliphatic hydroxyl groups excluding tert-OH is 1. The first-order valence-corrected chi connectivity index (χ1v) is 7.03. The fraction of sp³-hybridized carbons (Fsp3) is 0.571. The summed E-state index contributed by atoms with van der Waals surface area (Å²) in [6.45, 7) is 0. The van der Waals surface area contributed by atoms with E-state index in [9.17, 15) is 5.11 Å². The van der Waals surface area contributed by atoms with Crippen LogP contribution in [0, 0.1) is 0 Å². The van der Waals surface area contributed by atoms with Crippen molar-refractivity contribution in [2.45, 2.75) is 43.8 Å². The lowest BCUT2D eigenvalue weighted by molar-refractivity contribution is -0.125. The Morgan fingerprint density at radius 2 is 1.89 bits per heavy atom. The van der Waals surface area contributed by atoms with Crippen LogP contribution in [0.4, 0.5) is 0 Å². The Hall–Kier alpha value is -0.280. The van der Waals surface area contributed by atoms with Gasteiger partial charge in [-0.2, -0.15) is 0 Å². The topological polar surface area (TPSA) is 29.5 Å². The number of hydrogen-bond donors (Lipinski definition) is 1. The molecule has 1 aromatic carbocycles. The van der Waals surface area contributed by atoms with E-state index in [0.29, 0.717) is 15.6 Å². The molecule has 0 bridgehead atoms. The molecule has 1 N–H and O–H groups in total. The Bertz CT molecular complexity index is 414. The summed E-state index contributed by atoms with van der Waals surface area (Å²) in [5.41, 5.74) is 0.139. The fourth-order valence-electron chi connectivity index (χ4n) is 2.75. The minimum Gasteiger partial charge on any atom is -0.385 e. The van der Waals surface area contributed by atoms with E-state index >= 15 is 0 Å². The summed E-state index contributed by atoms with van der Waals surface area (Å²) in [6, 6.07) is 5.17. The molecule has 0 amide bonds. The van der Waals surface area contributed by atoms with Crippen molar-refractivity contribution in [2.24, 2.45) is 0 Å². The predicted octanol–water partition coefficient (Wildman–Crippen LogP) is 4.38. The molecular formula is C14H18Cl2O2. The summed E-state index contributed by atoms with van der Waals surface area (Å²) in [5.74, 6) is 0. The largest absolute Gasteiger partial charge is 0.385 e. The van der Waals surface area contributed by atoms with Crippen molar-refractivity contribution in [3.8, 4) is 0 Å². The van der Waals surface area contributed by atoms with E-state index < -0.39 is 11.7 Å². The van der Waals surface area contributed by atoms with Crippen molar-refractivity contribution in [3.63, 3.8) is 0 Å². The van der Waals surface area contributed by atoms with Crippen LogP contribution in [-0.2, 0) is 4.74 Å². The third-order valence-electron chi connectivity index (χ3n) is 3.86. The number of rotatable bonds is 3. The Morgan fingerprint density at radius 3 is 2.50 bits per heavy atom. The lowest BCUT2D eigenvalue weighted by Gasteiger charge is -2.40. The normalized spacial score (nSPS) is 20.7. The molecule has 18 heavy (non-hydrogen) atoms. The molecule has 4 heteroatoms. The monoisotopic (exact) mass is 288 g/mol. The molecule has 1 fully saturated rings. The first-order valence-electron chi connectivity index (χ1n) is 6.27. The van der Waals surface area contributed by atoms with Crippen LogP contribution in [0.1, 0.15) is 43.8 Å². The van der Waals surface area contributed by atoms with Gasteiger partial charge in [0.2, 0.25) is 0 Å². The first-order chi connectivity index (χ1) is 8.59. The highest BCUT2D eigenvalue weighted by Crippen LogP contribution is 2.43. The molecule has 0 radical (unpaired) electrons. The summed E-state index contributed by atoms with van der Waals surface area (Å²) in [4.78, 5) is 0. The van der Waals surface area contributed by atoms with Crippen molar-refractivity contribution in [3.05, 3.63) is 33.8 Å². The zero-order valence-electron chi connectivity index (χ0n) is 10.5. The lowest BCUT2D eigenvalue weighted by Crippen LogP contribution is -2.40. The van der Waals surface area contributed by atoms with E-state index in [1.165, 1.54) is 6.42 Å². The average molecular weight is 289 g/mol. The Morgan fingerprint density at radius 1 is 1.22 bits per heavy atom. The SMILES string of the molecule is COC1(C(O)c2cc(Cl)ccc2Cl)CCCCC1. The third kappa shape index (κ3) is 2.67. The fourth-order valence-corrected chi connectivity index (χ4v) is 3.15. The molecule has 0 aliphatic heterocycles. The molecule has 1 aliphatic carbocycles. The van der Waals surface area contributed by atoms with E-state index in [2.05, 4.69) is 0 Å². The smallest absolute Gasteiger partial charge is 0.109 e. The molecule has 2 nitrogen and oxygen atoms in total. The Labute approximate surface area is 118 Å². The van der Waals surface area contributed by atoms with Gasteiger partial charge in [-0.15, -0.1) is 0 Å². The zero-order valence-corrected chi connectivity index (χ0v) is 12.0. The van der Waals surface area contributed by atoms with Gasteiger partial charge in [0.15, 0.2) is 0 Å². The van der Waals surface area contributed by atoms with Crippen molar-refractivity contribution >= 4 is 23.2 Å². The van der Waals surface area contributed by atoms with E-state index in [-0.39, 0.29) is 0 Å². The number of halogens is 2. The second-order valence-corrected chi connectivity index (χ2v) is 5.74. The molecular weight excluding hydrogens is 271 g/mol. The van der Waals surface area contributed by atoms with Gasteiger partial charge in [0.25, 0.3) is 0 Å². The number of ether oxygens (including phenoxy) is 1. The quantitative estimate of drug-likeness (QED) is 0.895. The second kappa shape index (κ2) is 5.79. The molecule has 0 aromatic heterocycles. The van der Waals surface area contributed by atoms with E-state index in [1.54, 1.807) is 25.3 Å². The summed E-state index contributed by atoms with van der Waals surface area (Å²) in [7, 11) is 1.66. The van der Waals surface area contributed by atoms with Crippen LogP contribution < -0.4 is 0 Å². The molecule has 1 aliphatic rings. The van der Waals surface area contributed by atoms with Crippen molar-refractivity contribution in [1.29, 1.82) is 0 Å². The zero-order chi connectivity index (χ0) is 13.2. The molecule has 100 valence electrons. The highest BCUT2D eigenvalue weighted by atomic mass is 35.5. The number of methoxy groups -OCH3 is 1. The minimum atomic E-state index is -0.728. The average Bonchev–Trinajstić information content (AvgIpc) is 2.41. The second-order valence-electron chi connectivity index (χ2n) is 4.90. The van der Waals surface area contributed by atoms with E-state index in [4.69, 9.17) is 27.9 Å². The maximum Gasteiger partial charge on any atom is 0.109 e. The van der Waals surface area contributed by atoms with Crippen LogP contribution in [0.5, 0.6) is 0 Å². The Balaban J connectivity index is 2.33. The molecule has 1 unspecified atom stereocenters. The standard InChI is InChI=1S/C14H18Cl2O2/c1-18-14(7-3-2-4-8-14)13(17)11-9-10(15)5-6-12(11)16/h5-6,9,13,17H,2-4,7-8H2,1H3. The van der Waals surface area contributed by atoms with Crippen molar-refractivity contribution in [2.75, 3.05) is 7.11 Å². The molecule has 2 rings (SSSR count). The van der Waals surface area contributed by atoms with Crippen molar-refractivity contribution < 1.29 is 9.84 Å². The molecule has 1 atom stereocenters. The molecule has 0 saturated heterocycles. The summed E-state index contributed by atoms with van der Waals surface area (Å²) < 4.78 is 5.64. The van der Waals surface area contributed by atoms with Crippen LogP contribution in [0.3, 0.4) is 0 Å². The van der Waals surface area contributed by atoms with Gasteiger partial charge in [-0.05, 0) is 31.0 Å². The van der Waals surface area contributed by atoms with Crippen LogP contribution in [0.15, 0.2) is 18.2 Å². The maximum atomic E-state index is 10.6. The third-order valence-corrected chi connectivity index (χ3v) is 4.44. The van der Waals surface area contributed by atoms with Gasteiger partial charge in [0, 0.05) is 22.7 Å².